The number of carbonyl (C=O) groups is 1. The molecule has 1 fully saturated rings. The zero-order valence-corrected chi connectivity index (χ0v) is 15.1. The Balaban J connectivity index is 1.81. The lowest BCUT2D eigenvalue weighted by molar-refractivity contribution is -0.146. The molecule has 7 nitrogen and oxygen atoms in total. The van der Waals surface area contributed by atoms with Crippen LogP contribution in [-0.2, 0) is 22.7 Å². The molecule has 0 bridgehead atoms. The van der Waals surface area contributed by atoms with Gasteiger partial charge in [0.25, 0.3) is 0 Å². The first-order valence-corrected chi connectivity index (χ1v) is 8.58. The van der Waals surface area contributed by atoms with Crippen molar-refractivity contribution in [2.45, 2.75) is 38.7 Å². The van der Waals surface area contributed by atoms with E-state index in [-0.39, 0.29) is 5.97 Å². The number of methoxy groups -OCH3 is 1. The predicted molar refractivity (Wildman–Crippen MR) is 94.5 cm³/mol. The third kappa shape index (κ3) is 3.81. The van der Waals surface area contributed by atoms with Gasteiger partial charge in [-0.05, 0) is 24.7 Å². The zero-order chi connectivity index (χ0) is 18.0. The SMILES string of the molecule is COC(=O)[C@@H]1C[C@@H](O)CN1Cn1nc(C)n(Cc2ccccc2)c1=S. The normalized spacial score (nSPS) is 20.8. The predicted octanol–water partition coefficient (Wildman–Crippen LogP) is 1.34. The van der Waals surface area contributed by atoms with Gasteiger partial charge in [-0.1, -0.05) is 30.3 Å². The lowest BCUT2D eigenvalue weighted by Gasteiger charge is -2.21. The summed E-state index contributed by atoms with van der Waals surface area (Å²) in [6.45, 7) is 3.30. The van der Waals surface area contributed by atoms with E-state index in [1.54, 1.807) is 4.68 Å². The first-order valence-electron chi connectivity index (χ1n) is 8.17. The fourth-order valence-corrected chi connectivity index (χ4v) is 3.47. The minimum absolute atomic E-state index is 0.344. The molecule has 0 spiro atoms. The quantitative estimate of drug-likeness (QED) is 0.639. The number of hydrogen-bond donors (Lipinski definition) is 1. The van der Waals surface area contributed by atoms with E-state index in [9.17, 15) is 9.90 Å². The minimum Gasteiger partial charge on any atom is -0.468 e. The van der Waals surface area contributed by atoms with Gasteiger partial charge in [-0.15, -0.1) is 0 Å². The largest absolute Gasteiger partial charge is 0.468 e. The molecule has 1 aromatic carbocycles. The van der Waals surface area contributed by atoms with E-state index in [0.29, 0.717) is 31.0 Å². The van der Waals surface area contributed by atoms with Crippen LogP contribution in [0.25, 0.3) is 0 Å². The highest BCUT2D eigenvalue weighted by Crippen LogP contribution is 2.20. The van der Waals surface area contributed by atoms with Crippen molar-refractivity contribution >= 4 is 18.2 Å². The van der Waals surface area contributed by atoms with E-state index < -0.39 is 12.1 Å². The van der Waals surface area contributed by atoms with Crippen LogP contribution in [0.1, 0.15) is 17.8 Å². The summed E-state index contributed by atoms with van der Waals surface area (Å²) in [5.74, 6) is 0.465. The fraction of sp³-hybridized carbons (Fsp3) is 0.471. The molecule has 0 saturated carbocycles. The van der Waals surface area contributed by atoms with E-state index in [2.05, 4.69) is 5.10 Å². The third-order valence-corrected chi connectivity index (χ3v) is 4.89. The highest BCUT2D eigenvalue weighted by atomic mass is 32.1. The molecule has 2 heterocycles. The second-order valence-electron chi connectivity index (χ2n) is 6.24. The van der Waals surface area contributed by atoms with Crippen LogP contribution in [-0.4, -0.2) is 56.1 Å². The topological polar surface area (TPSA) is 72.5 Å². The van der Waals surface area contributed by atoms with Gasteiger partial charge < -0.3 is 9.84 Å². The first kappa shape index (κ1) is 17.8. The molecule has 3 rings (SSSR count). The van der Waals surface area contributed by atoms with Crippen molar-refractivity contribution in [3.8, 4) is 0 Å². The average Bonchev–Trinajstić information content (AvgIpc) is 3.10. The molecule has 2 aromatic rings. The summed E-state index contributed by atoms with van der Waals surface area (Å²) in [4.78, 5) is 13.8. The number of aryl methyl sites for hydroxylation is 1. The van der Waals surface area contributed by atoms with Gasteiger partial charge in [0.05, 0.1) is 26.4 Å². The molecular weight excluding hydrogens is 340 g/mol. The Morgan fingerprint density at radius 3 is 2.80 bits per heavy atom. The number of nitrogens with zero attached hydrogens (tertiary/aromatic N) is 4. The molecule has 1 N–H and O–H groups in total. The van der Waals surface area contributed by atoms with Gasteiger partial charge in [0.15, 0.2) is 4.77 Å². The maximum atomic E-state index is 11.9. The summed E-state index contributed by atoms with van der Waals surface area (Å²) >= 11 is 5.57. The summed E-state index contributed by atoms with van der Waals surface area (Å²) in [6.07, 6.45) is -0.185. The Bertz CT molecular complexity index is 802. The van der Waals surface area contributed by atoms with Crippen LogP contribution in [0, 0.1) is 11.7 Å². The van der Waals surface area contributed by atoms with Crippen molar-refractivity contribution in [3.05, 3.63) is 46.5 Å². The van der Waals surface area contributed by atoms with E-state index in [0.717, 1.165) is 11.4 Å². The molecule has 1 aromatic heterocycles. The number of ether oxygens (including phenoxy) is 1. The number of carbonyl (C=O) groups excluding carboxylic acids is 1. The molecule has 25 heavy (non-hydrogen) atoms. The van der Waals surface area contributed by atoms with E-state index in [1.165, 1.54) is 7.11 Å². The molecule has 0 unspecified atom stereocenters. The third-order valence-electron chi connectivity index (χ3n) is 4.46. The van der Waals surface area contributed by atoms with Crippen molar-refractivity contribution in [1.29, 1.82) is 0 Å². The van der Waals surface area contributed by atoms with Crippen LogP contribution < -0.4 is 0 Å². The Kier molecular flexibility index (Phi) is 5.31. The number of likely N-dealkylation sites (tertiary alicyclic amines) is 1. The molecule has 8 heteroatoms. The van der Waals surface area contributed by atoms with Crippen LogP contribution in [0.4, 0.5) is 0 Å². The van der Waals surface area contributed by atoms with E-state index >= 15 is 0 Å². The molecule has 1 aliphatic heterocycles. The molecule has 134 valence electrons. The Hall–Kier alpha value is -2.03. The van der Waals surface area contributed by atoms with Crippen LogP contribution in [0.3, 0.4) is 0 Å². The molecule has 2 atom stereocenters. The van der Waals surface area contributed by atoms with Gasteiger partial charge in [-0.25, -0.2) is 4.68 Å². The van der Waals surface area contributed by atoms with Crippen molar-refractivity contribution in [1.82, 2.24) is 19.2 Å². The summed E-state index contributed by atoms with van der Waals surface area (Å²) < 4.78 is 9.08. The molecule has 0 aliphatic carbocycles. The summed E-state index contributed by atoms with van der Waals surface area (Å²) in [6, 6.07) is 9.58. The first-order chi connectivity index (χ1) is 12.0. The number of esters is 1. The molecule has 0 radical (unpaired) electrons. The van der Waals surface area contributed by atoms with E-state index in [1.807, 2.05) is 46.7 Å². The number of aliphatic hydroxyl groups is 1. The number of β-amino-alcohol motifs (C(OH)–C–C–N with tert-alkyl or cyclic N) is 1. The fourth-order valence-electron chi connectivity index (χ4n) is 3.18. The standard InChI is InChI=1S/C17H22N4O3S/c1-12-18-21(11-19-10-14(22)8-15(19)16(23)24-2)17(25)20(12)9-13-6-4-3-5-7-13/h3-7,14-15,22H,8-11H2,1-2H3/t14-,15+/m1/s1. The van der Waals surface area contributed by atoms with Crippen LogP contribution in [0.2, 0.25) is 0 Å². The van der Waals surface area contributed by atoms with Gasteiger partial charge in [-0.3, -0.25) is 14.3 Å². The smallest absolute Gasteiger partial charge is 0.323 e. The van der Waals surface area contributed by atoms with Crippen molar-refractivity contribution in [2.75, 3.05) is 13.7 Å². The lowest BCUT2D eigenvalue weighted by Crippen LogP contribution is -2.38. The number of rotatable bonds is 5. The molecule has 1 saturated heterocycles. The monoisotopic (exact) mass is 362 g/mol. The Morgan fingerprint density at radius 1 is 1.40 bits per heavy atom. The highest BCUT2D eigenvalue weighted by Gasteiger charge is 2.37. The summed E-state index contributed by atoms with van der Waals surface area (Å²) in [7, 11) is 1.36. The summed E-state index contributed by atoms with van der Waals surface area (Å²) in [5, 5.41) is 14.4. The van der Waals surface area contributed by atoms with E-state index in [4.69, 9.17) is 17.0 Å². The van der Waals surface area contributed by atoms with Gasteiger partial charge in [0.1, 0.15) is 11.9 Å². The maximum Gasteiger partial charge on any atom is 0.323 e. The van der Waals surface area contributed by atoms with Crippen LogP contribution in [0.5, 0.6) is 0 Å². The van der Waals surface area contributed by atoms with Gasteiger partial charge >= 0.3 is 5.97 Å². The van der Waals surface area contributed by atoms with Crippen LogP contribution >= 0.6 is 12.2 Å². The zero-order valence-electron chi connectivity index (χ0n) is 14.3. The van der Waals surface area contributed by atoms with Gasteiger partial charge in [0, 0.05) is 13.0 Å². The summed E-state index contributed by atoms with van der Waals surface area (Å²) in [5.41, 5.74) is 1.14. The Morgan fingerprint density at radius 2 is 2.12 bits per heavy atom. The molecular formula is C17H22N4O3S. The number of aliphatic hydroxyl groups excluding tert-OH is 1. The van der Waals surface area contributed by atoms with Crippen molar-refractivity contribution < 1.29 is 14.6 Å². The van der Waals surface area contributed by atoms with Crippen LogP contribution in [0.15, 0.2) is 30.3 Å². The van der Waals surface area contributed by atoms with Crippen molar-refractivity contribution in [2.24, 2.45) is 0 Å². The average molecular weight is 362 g/mol. The number of benzene rings is 1. The minimum atomic E-state index is -0.550. The molecule has 1 aliphatic rings. The van der Waals surface area contributed by atoms with Gasteiger partial charge in [0.2, 0.25) is 0 Å². The van der Waals surface area contributed by atoms with Crippen molar-refractivity contribution in [3.63, 3.8) is 0 Å². The number of aromatic nitrogens is 3. The number of hydrogen-bond acceptors (Lipinski definition) is 6. The highest BCUT2D eigenvalue weighted by molar-refractivity contribution is 7.71. The maximum absolute atomic E-state index is 11.9. The second-order valence-corrected chi connectivity index (χ2v) is 6.61. The molecule has 0 amide bonds. The Labute approximate surface area is 151 Å². The second kappa shape index (κ2) is 7.47. The van der Waals surface area contributed by atoms with Gasteiger partial charge in [-0.2, -0.15) is 5.10 Å². The lowest BCUT2D eigenvalue weighted by atomic mass is 10.2.